The zero-order valence-corrected chi connectivity index (χ0v) is 8.73. The van der Waals surface area contributed by atoms with Crippen molar-refractivity contribution < 1.29 is 9.46 Å². The first kappa shape index (κ1) is 11.4. The average molecular weight is 214 g/mol. The molecule has 0 spiro atoms. The summed E-state index contributed by atoms with van der Waals surface area (Å²) in [6.07, 6.45) is 0.118. The van der Waals surface area contributed by atoms with Crippen LogP contribution in [0.2, 0.25) is 0 Å². The van der Waals surface area contributed by atoms with Gasteiger partial charge in [-0.05, 0) is 12.0 Å². The number of hydrogen-bond donors (Lipinski definition) is 3. The number of rotatable bonds is 4. The highest BCUT2D eigenvalue weighted by molar-refractivity contribution is 7.58. The van der Waals surface area contributed by atoms with Gasteiger partial charge in [0.25, 0.3) is 0 Å². The minimum absolute atomic E-state index is 0.263. The fraction of sp³-hybridized carbons (Fsp3) is 0.333. The van der Waals surface area contributed by atoms with Crippen LogP contribution in [0.25, 0.3) is 0 Å². The van der Waals surface area contributed by atoms with Crippen molar-refractivity contribution in [2.75, 3.05) is 6.29 Å². The molecule has 1 aromatic carbocycles. The number of hydrogen-bond acceptors (Lipinski definition) is 3. The Kier molecular flexibility index (Phi) is 3.84. The molecule has 0 aliphatic rings. The quantitative estimate of drug-likeness (QED) is 0.643. The molecular formula is C9H15N2O2P. The first-order chi connectivity index (χ1) is 6.56. The lowest BCUT2D eigenvalue weighted by Gasteiger charge is -2.17. The molecule has 2 atom stereocenters. The van der Waals surface area contributed by atoms with Gasteiger partial charge in [-0.3, -0.25) is 4.57 Å². The Morgan fingerprint density at radius 1 is 1.36 bits per heavy atom. The molecule has 1 aromatic rings. The number of nitrogens with two attached hydrogens (primary N) is 2. The molecule has 0 saturated heterocycles. The molecule has 78 valence electrons. The maximum atomic E-state index is 11.4. The summed E-state index contributed by atoms with van der Waals surface area (Å²) in [6, 6.07) is 9.36. The van der Waals surface area contributed by atoms with E-state index in [-0.39, 0.29) is 6.29 Å². The topological polar surface area (TPSA) is 89.3 Å². The van der Waals surface area contributed by atoms with Gasteiger partial charge in [0, 0.05) is 0 Å². The van der Waals surface area contributed by atoms with E-state index in [9.17, 15) is 9.46 Å². The first-order valence-electron chi connectivity index (χ1n) is 4.37. The van der Waals surface area contributed by atoms with Crippen molar-refractivity contribution in [2.45, 2.75) is 12.2 Å². The van der Waals surface area contributed by atoms with Crippen molar-refractivity contribution >= 4 is 7.37 Å². The Bertz CT molecular complexity index is 329. The molecule has 4 nitrogen and oxygen atoms in total. The van der Waals surface area contributed by atoms with E-state index in [1.807, 2.05) is 30.3 Å². The maximum Gasteiger partial charge on any atom is 0.230 e. The second-order valence-corrected chi connectivity index (χ2v) is 5.73. The SMILES string of the molecule is NCP(=O)(O)C(N)Cc1ccccc1. The fourth-order valence-corrected chi connectivity index (χ4v) is 1.90. The van der Waals surface area contributed by atoms with Crippen LogP contribution in [0, 0.1) is 0 Å². The summed E-state index contributed by atoms with van der Waals surface area (Å²) < 4.78 is 11.4. The van der Waals surface area contributed by atoms with Crippen LogP contribution in [0.1, 0.15) is 5.56 Å². The normalized spacial score (nSPS) is 17.4. The molecule has 0 aliphatic heterocycles. The molecule has 2 unspecified atom stereocenters. The minimum Gasteiger partial charge on any atom is -0.342 e. The van der Waals surface area contributed by atoms with E-state index < -0.39 is 13.2 Å². The van der Waals surface area contributed by atoms with E-state index >= 15 is 0 Å². The van der Waals surface area contributed by atoms with Crippen molar-refractivity contribution in [3.63, 3.8) is 0 Å². The van der Waals surface area contributed by atoms with Crippen molar-refractivity contribution in [2.24, 2.45) is 11.5 Å². The standard InChI is InChI=1S/C9H15N2O2P/c10-7-14(12,13)9(11)6-8-4-2-1-3-5-8/h1-5,9H,6-7,10-11H2,(H,12,13). The molecule has 0 aromatic heterocycles. The van der Waals surface area contributed by atoms with Crippen LogP contribution in [0.4, 0.5) is 0 Å². The largest absolute Gasteiger partial charge is 0.342 e. The van der Waals surface area contributed by atoms with E-state index in [1.54, 1.807) is 0 Å². The molecule has 1 rings (SSSR count). The van der Waals surface area contributed by atoms with E-state index in [0.29, 0.717) is 6.42 Å². The molecule has 0 aliphatic carbocycles. The van der Waals surface area contributed by atoms with Crippen molar-refractivity contribution in [1.29, 1.82) is 0 Å². The summed E-state index contributed by atoms with van der Waals surface area (Å²) in [7, 11) is -3.37. The van der Waals surface area contributed by atoms with Crippen LogP contribution < -0.4 is 11.5 Å². The highest BCUT2D eigenvalue weighted by Crippen LogP contribution is 2.42. The van der Waals surface area contributed by atoms with Gasteiger partial charge in [-0.25, -0.2) is 0 Å². The minimum atomic E-state index is -3.37. The molecule has 14 heavy (non-hydrogen) atoms. The lowest BCUT2D eigenvalue weighted by atomic mass is 10.1. The summed E-state index contributed by atoms with van der Waals surface area (Å²) in [4.78, 5) is 9.36. The van der Waals surface area contributed by atoms with E-state index in [4.69, 9.17) is 11.5 Å². The monoisotopic (exact) mass is 214 g/mol. The smallest absolute Gasteiger partial charge is 0.230 e. The van der Waals surface area contributed by atoms with Crippen molar-refractivity contribution in [3.05, 3.63) is 35.9 Å². The molecule has 0 amide bonds. The van der Waals surface area contributed by atoms with Crippen LogP contribution >= 0.6 is 7.37 Å². The third-order valence-corrected chi connectivity index (χ3v) is 3.81. The van der Waals surface area contributed by atoms with Crippen LogP contribution in [-0.2, 0) is 11.0 Å². The molecule has 0 saturated carbocycles. The fourth-order valence-electron chi connectivity index (χ4n) is 1.13. The predicted octanol–water partition coefficient (Wildman–Crippen LogP) is 0.700. The summed E-state index contributed by atoms with van der Waals surface area (Å²) in [6.45, 7) is 0. The Hall–Kier alpha value is -0.670. The molecular weight excluding hydrogens is 199 g/mol. The van der Waals surface area contributed by atoms with Crippen LogP contribution in [0.3, 0.4) is 0 Å². The first-order valence-corrected chi connectivity index (χ1v) is 6.29. The third-order valence-electron chi connectivity index (χ3n) is 2.07. The zero-order chi connectivity index (χ0) is 10.6. The Labute approximate surface area is 83.4 Å². The van der Waals surface area contributed by atoms with Gasteiger partial charge in [-0.15, -0.1) is 0 Å². The molecule has 0 bridgehead atoms. The van der Waals surface area contributed by atoms with Gasteiger partial charge >= 0.3 is 0 Å². The van der Waals surface area contributed by atoms with E-state index in [0.717, 1.165) is 5.56 Å². The van der Waals surface area contributed by atoms with Gasteiger partial charge in [-0.2, -0.15) is 0 Å². The van der Waals surface area contributed by atoms with Gasteiger partial charge < -0.3 is 16.4 Å². The predicted molar refractivity (Wildman–Crippen MR) is 57.0 cm³/mol. The van der Waals surface area contributed by atoms with Crippen molar-refractivity contribution in [3.8, 4) is 0 Å². The summed E-state index contributed by atoms with van der Waals surface area (Å²) in [5.41, 5.74) is 11.7. The lowest BCUT2D eigenvalue weighted by molar-refractivity contribution is 0.462. The Balaban J connectivity index is 2.67. The van der Waals surface area contributed by atoms with Crippen LogP contribution in [0.5, 0.6) is 0 Å². The Morgan fingerprint density at radius 2 is 1.93 bits per heavy atom. The van der Waals surface area contributed by atoms with Gasteiger partial charge in [0.05, 0.1) is 12.1 Å². The highest BCUT2D eigenvalue weighted by atomic mass is 31.2. The molecule has 5 heteroatoms. The van der Waals surface area contributed by atoms with Crippen LogP contribution in [-0.4, -0.2) is 17.0 Å². The third kappa shape index (κ3) is 2.93. The van der Waals surface area contributed by atoms with E-state index in [2.05, 4.69) is 0 Å². The highest BCUT2D eigenvalue weighted by Gasteiger charge is 2.25. The molecule has 5 N–H and O–H groups in total. The van der Waals surface area contributed by atoms with Gasteiger partial charge in [0.15, 0.2) is 0 Å². The second kappa shape index (κ2) is 4.71. The van der Waals surface area contributed by atoms with Gasteiger partial charge in [0.2, 0.25) is 7.37 Å². The van der Waals surface area contributed by atoms with Gasteiger partial charge in [-0.1, -0.05) is 30.3 Å². The second-order valence-electron chi connectivity index (χ2n) is 3.20. The average Bonchev–Trinajstić information content (AvgIpc) is 2.19. The Morgan fingerprint density at radius 3 is 2.43 bits per heavy atom. The number of benzene rings is 1. The van der Waals surface area contributed by atoms with Gasteiger partial charge in [0.1, 0.15) is 0 Å². The summed E-state index contributed by atoms with van der Waals surface area (Å²) in [5, 5.41) is 0. The maximum absolute atomic E-state index is 11.4. The molecule has 0 heterocycles. The lowest BCUT2D eigenvalue weighted by Crippen LogP contribution is -2.26. The molecule has 0 fully saturated rings. The zero-order valence-electron chi connectivity index (χ0n) is 7.84. The van der Waals surface area contributed by atoms with Crippen LogP contribution in [0.15, 0.2) is 30.3 Å². The summed E-state index contributed by atoms with van der Waals surface area (Å²) >= 11 is 0. The van der Waals surface area contributed by atoms with E-state index in [1.165, 1.54) is 0 Å². The summed E-state index contributed by atoms with van der Waals surface area (Å²) in [5.74, 6) is -0.769. The molecule has 0 radical (unpaired) electrons. The van der Waals surface area contributed by atoms with Crippen molar-refractivity contribution in [1.82, 2.24) is 0 Å².